The summed E-state index contributed by atoms with van der Waals surface area (Å²) in [4.78, 5) is 14.3. The normalized spacial score (nSPS) is 10.4. The van der Waals surface area contributed by atoms with Crippen LogP contribution in [-0.4, -0.2) is 38.8 Å². The van der Waals surface area contributed by atoms with E-state index in [9.17, 15) is 0 Å². The van der Waals surface area contributed by atoms with Gasteiger partial charge in [-0.1, -0.05) is 0 Å². The van der Waals surface area contributed by atoms with Gasteiger partial charge in [0.05, 0.1) is 6.54 Å². The van der Waals surface area contributed by atoms with Gasteiger partial charge in [0.15, 0.2) is 11.6 Å². The van der Waals surface area contributed by atoms with Crippen molar-refractivity contribution in [1.82, 2.24) is 24.7 Å². The lowest BCUT2D eigenvalue weighted by molar-refractivity contribution is 0.800. The summed E-state index contributed by atoms with van der Waals surface area (Å²) in [6, 6.07) is 1.77. The van der Waals surface area contributed by atoms with Crippen LogP contribution in [0.1, 0.15) is 5.82 Å². The first-order chi connectivity index (χ1) is 7.70. The lowest BCUT2D eigenvalue weighted by atomic mass is 10.6. The van der Waals surface area contributed by atoms with Gasteiger partial charge < -0.3 is 10.6 Å². The highest BCUT2D eigenvalue weighted by atomic mass is 15.4. The van der Waals surface area contributed by atoms with Gasteiger partial charge in [-0.05, 0) is 0 Å². The molecule has 2 aromatic heterocycles. The maximum absolute atomic E-state index is 5.44. The maximum Gasteiger partial charge on any atom is 0.226 e. The van der Waals surface area contributed by atoms with Crippen LogP contribution in [-0.2, 0) is 6.54 Å². The molecule has 84 valence electrons. The quantitative estimate of drug-likeness (QED) is 0.754. The fourth-order valence-corrected chi connectivity index (χ4v) is 1.18. The number of aromatic nitrogens is 5. The number of nitrogens with zero attached hydrogens (tertiary/aromatic N) is 6. The highest BCUT2D eigenvalue weighted by Crippen LogP contribution is 2.06. The topological polar surface area (TPSA) is 85.8 Å². The molecule has 0 fully saturated rings. The summed E-state index contributed by atoms with van der Waals surface area (Å²) < 4.78 is 1.58. The molecule has 2 rings (SSSR count). The Bertz CT molecular complexity index is 476. The van der Waals surface area contributed by atoms with Gasteiger partial charge in [-0.2, -0.15) is 4.98 Å². The lowest BCUT2D eigenvalue weighted by Gasteiger charge is -2.10. The fourth-order valence-electron chi connectivity index (χ4n) is 1.18. The first-order valence-electron chi connectivity index (χ1n) is 4.82. The van der Waals surface area contributed by atoms with E-state index in [0.717, 1.165) is 0 Å². The van der Waals surface area contributed by atoms with E-state index in [2.05, 4.69) is 20.1 Å². The van der Waals surface area contributed by atoms with Crippen molar-refractivity contribution >= 4 is 5.95 Å². The molecule has 2 aromatic rings. The molecule has 7 nitrogen and oxygen atoms in total. The van der Waals surface area contributed by atoms with Crippen molar-refractivity contribution in [2.45, 2.75) is 6.54 Å². The van der Waals surface area contributed by atoms with E-state index in [0.29, 0.717) is 24.1 Å². The van der Waals surface area contributed by atoms with Crippen LogP contribution >= 0.6 is 0 Å². The molecule has 0 spiro atoms. The first-order valence-corrected chi connectivity index (χ1v) is 4.82. The minimum atomic E-state index is 0.318. The van der Waals surface area contributed by atoms with Crippen LogP contribution in [0.15, 0.2) is 18.6 Å². The molecule has 2 heterocycles. The van der Waals surface area contributed by atoms with Crippen molar-refractivity contribution in [3.8, 4) is 5.82 Å². The summed E-state index contributed by atoms with van der Waals surface area (Å²) in [6.45, 7) is 0.318. The van der Waals surface area contributed by atoms with Gasteiger partial charge in [0, 0.05) is 26.4 Å². The third-order valence-corrected chi connectivity index (χ3v) is 1.98. The molecular formula is C9H13N7. The first kappa shape index (κ1) is 10.5. The van der Waals surface area contributed by atoms with E-state index in [1.54, 1.807) is 23.3 Å². The van der Waals surface area contributed by atoms with Crippen LogP contribution in [0.25, 0.3) is 5.82 Å². The van der Waals surface area contributed by atoms with Crippen LogP contribution in [0.2, 0.25) is 0 Å². The average molecular weight is 219 g/mol. The highest BCUT2D eigenvalue weighted by molar-refractivity contribution is 5.32. The van der Waals surface area contributed by atoms with E-state index in [-0.39, 0.29) is 0 Å². The summed E-state index contributed by atoms with van der Waals surface area (Å²) in [6.07, 6.45) is 3.27. The van der Waals surface area contributed by atoms with Crippen LogP contribution < -0.4 is 10.6 Å². The molecule has 0 atom stereocenters. The lowest BCUT2D eigenvalue weighted by Crippen LogP contribution is -2.14. The number of nitrogens with two attached hydrogens (primary N) is 1. The van der Waals surface area contributed by atoms with Gasteiger partial charge in [-0.25, -0.2) is 14.6 Å². The standard InChI is InChI=1S/C9H13N7/c1-15(2)9-11-4-3-8(13-9)16-6-12-7(5-10)14-16/h3-4,6H,5,10H2,1-2H3. The second-order valence-electron chi connectivity index (χ2n) is 3.42. The van der Waals surface area contributed by atoms with E-state index >= 15 is 0 Å². The molecule has 7 heteroatoms. The van der Waals surface area contributed by atoms with Crippen molar-refractivity contribution < 1.29 is 0 Å². The number of hydrogen-bond donors (Lipinski definition) is 1. The highest BCUT2D eigenvalue weighted by Gasteiger charge is 2.05. The van der Waals surface area contributed by atoms with Crippen molar-refractivity contribution in [2.75, 3.05) is 19.0 Å². The minimum absolute atomic E-state index is 0.318. The van der Waals surface area contributed by atoms with Gasteiger partial charge in [-0.3, -0.25) is 0 Å². The Hall–Kier alpha value is -2.02. The molecule has 0 radical (unpaired) electrons. The predicted molar refractivity (Wildman–Crippen MR) is 59.2 cm³/mol. The minimum Gasteiger partial charge on any atom is -0.347 e. The predicted octanol–water partition coefficient (Wildman–Crippen LogP) is -0.418. The van der Waals surface area contributed by atoms with Crippen LogP contribution in [0.3, 0.4) is 0 Å². The second-order valence-corrected chi connectivity index (χ2v) is 3.42. The van der Waals surface area contributed by atoms with E-state index in [4.69, 9.17) is 5.73 Å². The summed E-state index contributed by atoms with van der Waals surface area (Å²) in [5.41, 5.74) is 5.44. The van der Waals surface area contributed by atoms with Crippen molar-refractivity contribution in [1.29, 1.82) is 0 Å². The van der Waals surface area contributed by atoms with Crippen LogP contribution in [0, 0.1) is 0 Å². The van der Waals surface area contributed by atoms with E-state index in [1.165, 1.54) is 0 Å². The summed E-state index contributed by atoms with van der Waals surface area (Å²) in [7, 11) is 3.76. The zero-order valence-electron chi connectivity index (χ0n) is 9.20. The zero-order chi connectivity index (χ0) is 11.5. The van der Waals surface area contributed by atoms with Crippen molar-refractivity contribution in [2.24, 2.45) is 5.73 Å². The SMILES string of the molecule is CN(C)c1nccc(-n2cnc(CN)n2)n1. The van der Waals surface area contributed by atoms with Crippen molar-refractivity contribution in [3.63, 3.8) is 0 Å². The third kappa shape index (κ3) is 1.98. The Morgan fingerprint density at radius 2 is 2.19 bits per heavy atom. The third-order valence-electron chi connectivity index (χ3n) is 1.98. The van der Waals surface area contributed by atoms with E-state index in [1.807, 2.05) is 19.0 Å². The molecule has 0 unspecified atom stereocenters. The molecule has 0 aliphatic rings. The molecule has 0 bridgehead atoms. The Morgan fingerprint density at radius 3 is 2.81 bits per heavy atom. The average Bonchev–Trinajstić information content (AvgIpc) is 2.77. The zero-order valence-corrected chi connectivity index (χ0v) is 9.20. The van der Waals surface area contributed by atoms with Crippen molar-refractivity contribution in [3.05, 3.63) is 24.4 Å². The largest absolute Gasteiger partial charge is 0.347 e. The molecule has 0 aliphatic heterocycles. The molecule has 2 N–H and O–H groups in total. The molecule has 0 saturated heterocycles. The number of rotatable bonds is 3. The van der Waals surface area contributed by atoms with Gasteiger partial charge in [0.25, 0.3) is 0 Å². The van der Waals surface area contributed by atoms with E-state index < -0.39 is 0 Å². The van der Waals surface area contributed by atoms with Crippen LogP contribution in [0.4, 0.5) is 5.95 Å². The summed E-state index contributed by atoms with van der Waals surface area (Å²) in [5.74, 6) is 1.89. The van der Waals surface area contributed by atoms with Crippen LogP contribution in [0.5, 0.6) is 0 Å². The van der Waals surface area contributed by atoms with Gasteiger partial charge in [-0.15, -0.1) is 5.10 Å². The fraction of sp³-hybridized carbons (Fsp3) is 0.333. The Kier molecular flexibility index (Phi) is 2.78. The number of hydrogen-bond acceptors (Lipinski definition) is 6. The monoisotopic (exact) mass is 219 g/mol. The summed E-state index contributed by atoms with van der Waals surface area (Å²) in [5, 5.41) is 4.17. The van der Waals surface area contributed by atoms with Gasteiger partial charge in [0.1, 0.15) is 6.33 Å². The maximum atomic E-state index is 5.44. The summed E-state index contributed by atoms with van der Waals surface area (Å²) >= 11 is 0. The number of anilines is 1. The Morgan fingerprint density at radius 1 is 1.38 bits per heavy atom. The smallest absolute Gasteiger partial charge is 0.226 e. The Labute approximate surface area is 92.9 Å². The molecular weight excluding hydrogens is 206 g/mol. The molecule has 0 saturated carbocycles. The molecule has 16 heavy (non-hydrogen) atoms. The second kappa shape index (κ2) is 4.23. The molecule has 0 aromatic carbocycles. The van der Waals surface area contributed by atoms with Gasteiger partial charge >= 0.3 is 0 Å². The Balaban J connectivity index is 2.36. The molecule has 0 aliphatic carbocycles. The molecule has 0 amide bonds. The van der Waals surface area contributed by atoms with Gasteiger partial charge in [0.2, 0.25) is 5.95 Å².